The number of carbonyl (C=O) groups is 2. The molecule has 38 heavy (non-hydrogen) atoms. The Bertz CT molecular complexity index is 1560. The molecule has 7 nitrogen and oxygen atoms in total. The lowest BCUT2D eigenvalue weighted by Gasteiger charge is -2.17. The SMILES string of the molecule is Cc1cccc(Cl)c1NC(=O)CN(C)Cc1sc2c(=O)c(C(=O)NCc3ccc(Cl)cc3)cn(C)c2c1C. The first-order valence-corrected chi connectivity index (χ1v) is 13.5. The van der Waals surface area contributed by atoms with E-state index in [1.165, 1.54) is 11.3 Å². The summed E-state index contributed by atoms with van der Waals surface area (Å²) >= 11 is 13.5. The molecule has 4 aromatic rings. The number of amides is 2. The molecule has 0 atom stereocenters. The van der Waals surface area contributed by atoms with Gasteiger partial charge in [-0.1, -0.05) is 47.5 Å². The number of thiophene rings is 1. The molecular formula is C28H28Cl2N4O3S. The Kier molecular flexibility index (Phi) is 8.57. The number of aromatic nitrogens is 1. The van der Waals surface area contributed by atoms with Gasteiger partial charge in [-0.3, -0.25) is 19.3 Å². The quantitative estimate of drug-likeness (QED) is 0.292. The molecular weight excluding hydrogens is 543 g/mol. The number of likely N-dealkylation sites (N-methyl/N-ethyl adjacent to an activating group) is 1. The molecule has 0 spiro atoms. The van der Waals surface area contributed by atoms with Crippen LogP contribution in [0.3, 0.4) is 0 Å². The summed E-state index contributed by atoms with van der Waals surface area (Å²) in [5, 5.41) is 6.81. The zero-order chi connectivity index (χ0) is 27.6. The number of benzene rings is 2. The fourth-order valence-electron chi connectivity index (χ4n) is 4.28. The van der Waals surface area contributed by atoms with Crippen molar-refractivity contribution in [2.75, 3.05) is 18.9 Å². The van der Waals surface area contributed by atoms with Crippen molar-refractivity contribution in [1.82, 2.24) is 14.8 Å². The van der Waals surface area contributed by atoms with Gasteiger partial charge in [-0.15, -0.1) is 11.3 Å². The number of rotatable bonds is 8. The highest BCUT2D eigenvalue weighted by Crippen LogP contribution is 2.30. The van der Waals surface area contributed by atoms with Gasteiger partial charge in [-0.25, -0.2) is 0 Å². The summed E-state index contributed by atoms with van der Waals surface area (Å²) in [7, 11) is 3.67. The third-order valence-electron chi connectivity index (χ3n) is 6.26. The van der Waals surface area contributed by atoms with Crippen molar-refractivity contribution in [2.24, 2.45) is 7.05 Å². The van der Waals surface area contributed by atoms with E-state index in [0.29, 0.717) is 27.0 Å². The molecule has 0 aliphatic rings. The van der Waals surface area contributed by atoms with Gasteiger partial charge < -0.3 is 15.2 Å². The minimum Gasteiger partial charge on any atom is -0.349 e. The van der Waals surface area contributed by atoms with Crippen LogP contribution in [0.1, 0.15) is 31.9 Å². The molecule has 2 amide bonds. The van der Waals surface area contributed by atoms with Gasteiger partial charge in [-0.2, -0.15) is 0 Å². The molecule has 0 saturated heterocycles. The fourth-order valence-corrected chi connectivity index (χ4v) is 6.05. The number of fused-ring (bicyclic) bond motifs is 1. The van der Waals surface area contributed by atoms with E-state index < -0.39 is 5.91 Å². The molecule has 0 radical (unpaired) electrons. The van der Waals surface area contributed by atoms with Gasteiger partial charge in [0, 0.05) is 36.2 Å². The largest absolute Gasteiger partial charge is 0.349 e. The molecule has 2 aromatic carbocycles. The number of para-hydroxylation sites is 1. The number of hydrogen-bond donors (Lipinski definition) is 2. The summed E-state index contributed by atoms with van der Waals surface area (Å²) in [5.74, 6) is -0.615. The Labute approximate surface area is 235 Å². The summed E-state index contributed by atoms with van der Waals surface area (Å²) in [6, 6.07) is 12.6. The van der Waals surface area contributed by atoms with E-state index in [1.54, 1.807) is 24.4 Å². The van der Waals surface area contributed by atoms with Crippen LogP contribution in [0.15, 0.2) is 53.5 Å². The summed E-state index contributed by atoms with van der Waals surface area (Å²) in [5.41, 5.74) is 3.89. The van der Waals surface area contributed by atoms with Gasteiger partial charge in [0.2, 0.25) is 11.3 Å². The average molecular weight is 572 g/mol. The monoisotopic (exact) mass is 570 g/mol. The first-order valence-electron chi connectivity index (χ1n) is 11.9. The number of anilines is 1. The smallest absolute Gasteiger partial charge is 0.257 e. The van der Waals surface area contributed by atoms with Crippen molar-refractivity contribution < 1.29 is 9.59 Å². The Hall–Kier alpha value is -3.17. The van der Waals surface area contributed by atoms with Crippen molar-refractivity contribution in [2.45, 2.75) is 26.9 Å². The molecule has 0 aliphatic heterocycles. The number of nitrogens with zero attached hydrogens (tertiary/aromatic N) is 2. The highest BCUT2D eigenvalue weighted by Gasteiger charge is 2.21. The van der Waals surface area contributed by atoms with Crippen LogP contribution >= 0.6 is 34.5 Å². The molecule has 0 unspecified atom stereocenters. The number of aryl methyl sites for hydroxylation is 3. The minimum absolute atomic E-state index is 0.0876. The zero-order valence-electron chi connectivity index (χ0n) is 21.5. The van der Waals surface area contributed by atoms with Gasteiger partial charge in [-0.05, 0) is 55.8 Å². The molecule has 0 saturated carbocycles. The van der Waals surface area contributed by atoms with E-state index in [0.717, 1.165) is 27.1 Å². The van der Waals surface area contributed by atoms with Crippen molar-refractivity contribution in [3.05, 3.63) is 96.1 Å². The summed E-state index contributed by atoms with van der Waals surface area (Å²) in [4.78, 5) is 41.7. The normalized spacial score (nSPS) is 11.2. The molecule has 0 fully saturated rings. The lowest BCUT2D eigenvalue weighted by atomic mass is 10.1. The van der Waals surface area contributed by atoms with Crippen LogP contribution < -0.4 is 16.1 Å². The van der Waals surface area contributed by atoms with Crippen LogP contribution in [0.2, 0.25) is 10.0 Å². The lowest BCUT2D eigenvalue weighted by molar-refractivity contribution is -0.117. The number of nitrogens with one attached hydrogen (secondary N) is 2. The zero-order valence-corrected chi connectivity index (χ0v) is 23.9. The maximum Gasteiger partial charge on any atom is 0.257 e. The highest BCUT2D eigenvalue weighted by molar-refractivity contribution is 7.19. The third kappa shape index (κ3) is 6.10. The number of hydrogen-bond acceptors (Lipinski definition) is 5. The van der Waals surface area contributed by atoms with E-state index in [-0.39, 0.29) is 30.0 Å². The van der Waals surface area contributed by atoms with Crippen LogP contribution in [0, 0.1) is 13.8 Å². The number of carbonyl (C=O) groups excluding carboxylic acids is 2. The van der Waals surface area contributed by atoms with E-state index in [9.17, 15) is 14.4 Å². The van der Waals surface area contributed by atoms with Gasteiger partial charge in [0.15, 0.2) is 0 Å². The molecule has 2 aromatic heterocycles. The lowest BCUT2D eigenvalue weighted by Crippen LogP contribution is -2.30. The van der Waals surface area contributed by atoms with Gasteiger partial charge in [0.05, 0.1) is 27.5 Å². The Balaban J connectivity index is 1.49. The second-order valence-electron chi connectivity index (χ2n) is 9.27. The van der Waals surface area contributed by atoms with Gasteiger partial charge in [0.25, 0.3) is 5.91 Å². The molecule has 0 aliphatic carbocycles. The summed E-state index contributed by atoms with van der Waals surface area (Å²) < 4.78 is 2.33. The molecule has 198 valence electrons. The predicted octanol–water partition coefficient (Wildman–Crippen LogP) is 5.52. The third-order valence-corrected chi connectivity index (χ3v) is 8.10. The van der Waals surface area contributed by atoms with Crippen LogP contribution in [0.5, 0.6) is 0 Å². The first kappa shape index (κ1) is 27.9. The van der Waals surface area contributed by atoms with E-state index in [1.807, 2.05) is 61.7 Å². The number of halogens is 2. The maximum atomic E-state index is 13.3. The van der Waals surface area contributed by atoms with E-state index in [4.69, 9.17) is 23.2 Å². The van der Waals surface area contributed by atoms with Crippen molar-refractivity contribution >= 4 is 62.3 Å². The molecule has 2 N–H and O–H groups in total. The number of pyridine rings is 1. The standard InChI is InChI=1S/C28H28Cl2N4O3S/c1-16-6-5-7-21(30)24(16)32-23(35)15-33(3)14-22-17(2)25-27(38-22)26(36)20(13-34(25)4)28(37)31-12-18-8-10-19(29)11-9-18/h5-11,13H,12,14-15H2,1-4H3,(H,31,37)(H,32,35). The Morgan fingerprint density at radius 1 is 1.08 bits per heavy atom. The van der Waals surface area contributed by atoms with E-state index in [2.05, 4.69) is 10.6 Å². The van der Waals surface area contributed by atoms with E-state index >= 15 is 0 Å². The first-order chi connectivity index (χ1) is 18.0. The molecule has 0 bridgehead atoms. The van der Waals surface area contributed by atoms with Crippen LogP contribution in [-0.4, -0.2) is 34.9 Å². The van der Waals surface area contributed by atoms with Crippen molar-refractivity contribution in [3.63, 3.8) is 0 Å². The summed E-state index contributed by atoms with van der Waals surface area (Å²) in [6.45, 7) is 4.74. The van der Waals surface area contributed by atoms with Gasteiger partial charge in [0.1, 0.15) is 5.56 Å². The molecule has 10 heteroatoms. The Morgan fingerprint density at radius 2 is 1.79 bits per heavy atom. The second kappa shape index (κ2) is 11.7. The van der Waals surface area contributed by atoms with Crippen molar-refractivity contribution in [1.29, 1.82) is 0 Å². The summed E-state index contributed by atoms with van der Waals surface area (Å²) in [6.07, 6.45) is 1.58. The Morgan fingerprint density at radius 3 is 2.47 bits per heavy atom. The highest BCUT2D eigenvalue weighted by atomic mass is 35.5. The molecule has 4 rings (SSSR count). The van der Waals surface area contributed by atoms with Gasteiger partial charge >= 0.3 is 0 Å². The van der Waals surface area contributed by atoms with Crippen LogP contribution in [0.25, 0.3) is 10.2 Å². The topological polar surface area (TPSA) is 83.4 Å². The average Bonchev–Trinajstić information content (AvgIpc) is 3.19. The maximum absolute atomic E-state index is 13.3. The van der Waals surface area contributed by atoms with Crippen molar-refractivity contribution in [3.8, 4) is 0 Å². The molecule has 2 heterocycles. The predicted molar refractivity (Wildman–Crippen MR) is 156 cm³/mol. The van der Waals surface area contributed by atoms with Crippen LogP contribution in [-0.2, 0) is 24.9 Å². The minimum atomic E-state index is -0.432. The second-order valence-corrected chi connectivity index (χ2v) is 11.2. The fraction of sp³-hybridized carbons (Fsp3) is 0.250. The van der Waals surface area contributed by atoms with Crippen LogP contribution in [0.4, 0.5) is 5.69 Å².